The molecule has 4 heteroatoms. The lowest BCUT2D eigenvalue weighted by atomic mass is 9.99. The fourth-order valence-electron chi connectivity index (χ4n) is 2.91. The highest BCUT2D eigenvalue weighted by Gasteiger charge is 2.30. The van der Waals surface area contributed by atoms with Crippen molar-refractivity contribution in [2.24, 2.45) is 0 Å². The van der Waals surface area contributed by atoms with E-state index in [1.165, 1.54) is 10.3 Å². The Labute approximate surface area is 143 Å². The molecule has 0 atom stereocenters. The quantitative estimate of drug-likeness (QED) is 0.474. The molecule has 0 fully saturated rings. The minimum Gasteiger partial charge on any atom is -0.166 e. The number of alkyl halides is 3. The molecule has 0 amide bonds. The number of thiophene rings is 1. The van der Waals surface area contributed by atoms with Crippen molar-refractivity contribution >= 4 is 21.4 Å². The summed E-state index contributed by atoms with van der Waals surface area (Å²) in [7, 11) is 0. The predicted molar refractivity (Wildman–Crippen MR) is 95.3 cm³/mol. The van der Waals surface area contributed by atoms with Crippen LogP contribution in [0.3, 0.4) is 0 Å². The average Bonchev–Trinajstić information content (AvgIpc) is 2.87. The maximum absolute atomic E-state index is 12.7. The standard InChI is InChI=1S/C20H18F3S/c1-3-4-5-14-6-11-17-18(12-14)24-13(2)19(17)15-7-9-16(10-8-15)20(21,22)23/h3,6-12H,4-5H2,1-2H3. The van der Waals surface area contributed by atoms with E-state index in [0.717, 1.165) is 46.4 Å². The van der Waals surface area contributed by atoms with Gasteiger partial charge in [-0.2, -0.15) is 13.2 Å². The van der Waals surface area contributed by atoms with Gasteiger partial charge in [-0.05, 0) is 55.5 Å². The minimum atomic E-state index is -4.30. The Hall–Kier alpha value is -1.81. The van der Waals surface area contributed by atoms with Crippen LogP contribution < -0.4 is 0 Å². The maximum Gasteiger partial charge on any atom is 0.416 e. The average molecular weight is 347 g/mol. The van der Waals surface area contributed by atoms with Crippen molar-refractivity contribution in [3.63, 3.8) is 0 Å². The molecule has 0 nitrogen and oxygen atoms in total. The number of fused-ring (bicyclic) bond motifs is 1. The van der Waals surface area contributed by atoms with Gasteiger partial charge in [0, 0.05) is 20.5 Å². The Balaban J connectivity index is 2.01. The molecular weight excluding hydrogens is 329 g/mol. The van der Waals surface area contributed by atoms with Crippen molar-refractivity contribution in [1.29, 1.82) is 0 Å². The molecule has 0 aliphatic rings. The lowest BCUT2D eigenvalue weighted by Gasteiger charge is -2.08. The highest BCUT2D eigenvalue weighted by Crippen LogP contribution is 2.40. The summed E-state index contributed by atoms with van der Waals surface area (Å²) >= 11 is 1.70. The van der Waals surface area contributed by atoms with Gasteiger partial charge in [-0.25, -0.2) is 0 Å². The second kappa shape index (κ2) is 6.60. The number of hydrogen-bond donors (Lipinski definition) is 0. The minimum absolute atomic E-state index is 0.610. The van der Waals surface area contributed by atoms with Crippen molar-refractivity contribution in [3.8, 4) is 11.1 Å². The van der Waals surface area contributed by atoms with Crippen LogP contribution in [0.2, 0.25) is 0 Å². The topological polar surface area (TPSA) is 0 Å². The summed E-state index contributed by atoms with van der Waals surface area (Å²) in [6.07, 6.45) is -0.0897. The number of unbranched alkanes of at least 4 members (excludes halogenated alkanes) is 1. The van der Waals surface area contributed by atoms with Crippen LogP contribution in [0.1, 0.15) is 29.3 Å². The highest BCUT2D eigenvalue weighted by molar-refractivity contribution is 7.19. The third-order valence-electron chi connectivity index (χ3n) is 4.15. The first-order valence-electron chi connectivity index (χ1n) is 7.87. The van der Waals surface area contributed by atoms with Crippen LogP contribution >= 0.6 is 11.3 Å². The summed E-state index contributed by atoms with van der Waals surface area (Å²) in [5.41, 5.74) is 2.56. The summed E-state index contributed by atoms with van der Waals surface area (Å²) in [4.78, 5) is 1.13. The third kappa shape index (κ3) is 3.34. The Bertz CT molecular complexity index is 842. The molecule has 0 unspecified atom stereocenters. The number of hydrogen-bond acceptors (Lipinski definition) is 1. The number of rotatable bonds is 4. The Kier molecular flexibility index (Phi) is 4.68. The molecule has 2 aromatic carbocycles. The van der Waals surface area contributed by atoms with Crippen molar-refractivity contribution < 1.29 is 13.2 Å². The van der Waals surface area contributed by atoms with Gasteiger partial charge in [-0.15, -0.1) is 11.3 Å². The first-order valence-corrected chi connectivity index (χ1v) is 8.69. The molecule has 1 heterocycles. The van der Waals surface area contributed by atoms with Crippen LogP contribution in [0.5, 0.6) is 0 Å². The Morgan fingerprint density at radius 3 is 2.38 bits per heavy atom. The first kappa shape index (κ1) is 17.0. The molecule has 1 aromatic heterocycles. The molecule has 0 aliphatic carbocycles. The van der Waals surface area contributed by atoms with Gasteiger partial charge in [-0.1, -0.05) is 31.2 Å². The monoisotopic (exact) mass is 347 g/mol. The van der Waals surface area contributed by atoms with E-state index in [1.54, 1.807) is 23.5 Å². The SMILES string of the molecule is C[CH]CCc1ccc2c(-c3ccc(C(F)(F)F)cc3)c(C)sc2c1. The Morgan fingerprint density at radius 1 is 1.04 bits per heavy atom. The van der Waals surface area contributed by atoms with E-state index >= 15 is 0 Å². The van der Waals surface area contributed by atoms with E-state index in [-0.39, 0.29) is 0 Å². The van der Waals surface area contributed by atoms with Gasteiger partial charge in [-0.3, -0.25) is 0 Å². The zero-order chi connectivity index (χ0) is 17.3. The van der Waals surface area contributed by atoms with Gasteiger partial charge in [0.25, 0.3) is 0 Å². The lowest BCUT2D eigenvalue weighted by Crippen LogP contribution is -2.03. The van der Waals surface area contributed by atoms with E-state index in [0.29, 0.717) is 0 Å². The summed E-state index contributed by atoms with van der Waals surface area (Å²) < 4.78 is 39.4. The number of benzene rings is 2. The molecule has 1 radical (unpaired) electrons. The molecule has 0 N–H and O–H groups in total. The fourth-order valence-corrected chi connectivity index (χ4v) is 4.06. The largest absolute Gasteiger partial charge is 0.416 e. The molecule has 125 valence electrons. The zero-order valence-corrected chi connectivity index (χ0v) is 14.4. The second-order valence-corrected chi connectivity index (χ2v) is 7.14. The Morgan fingerprint density at radius 2 is 1.75 bits per heavy atom. The van der Waals surface area contributed by atoms with Crippen molar-refractivity contribution in [1.82, 2.24) is 0 Å². The molecule has 0 aliphatic heterocycles. The molecule has 3 aromatic rings. The molecule has 3 rings (SSSR count). The van der Waals surface area contributed by atoms with E-state index in [9.17, 15) is 13.2 Å². The van der Waals surface area contributed by atoms with Gasteiger partial charge < -0.3 is 0 Å². The smallest absolute Gasteiger partial charge is 0.166 e. The number of halogens is 3. The van der Waals surface area contributed by atoms with Crippen LogP contribution in [-0.2, 0) is 12.6 Å². The molecule has 0 spiro atoms. The van der Waals surface area contributed by atoms with Crippen molar-refractivity contribution in [2.45, 2.75) is 32.9 Å². The van der Waals surface area contributed by atoms with Crippen LogP contribution in [-0.4, -0.2) is 0 Å². The first-order chi connectivity index (χ1) is 11.4. The summed E-state index contributed by atoms with van der Waals surface area (Å²) in [5.74, 6) is 0. The van der Waals surface area contributed by atoms with Gasteiger partial charge in [0.15, 0.2) is 0 Å². The van der Waals surface area contributed by atoms with E-state index in [2.05, 4.69) is 31.5 Å². The molecule has 0 bridgehead atoms. The van der Waals surface area contributed by atoms with Gasteiger partial charge in [0.05, 0.1) is 5.56 Å². The predicted octanol–water partition coefficient (Wildman–Crippen LogP) is 7.05. The zero-order valence-electron chi connectivity index (χ0n) is 13.6. The molecule has 0 saturated carbocycles. The van der Waals surface area contributed by atoms with E-state index < -0.39 is 11.7 Å². The summed E-state index contributed by atoms with van der Waals surface area (Å²) in [5, 5.41) is 1.11. The van der Waals surface area contributed by atoms with E-state index in [4.69, 9.17) is 0 Å². The normalized spacial score (nSPS) is 12.0. The third-order valence-corrected chi connectivity index (χ3v) is 5.22. The van der Waals surface area contributed by atoms with Gasteiger partial charge in [0.1, 0.15) is 0 Å². The fraction of sp³-hybridized carbons (Fsp3) is 0.250. The maximum atomic E-state index is 12.7. The van der Waals surface area contributed by atoms with Crippen LogP contribution in [0.4, 0.5) is 13.2 Å². The van der Waals surface area contributed by atoms with Crippen LogP contribution in [0.15, 0.2) is 42.5 Å². The molecular formula is C20H18F3S. The van der Waals surface area contributed by atoms with Gasteiger partial charge in [0.2, 0.25) is 0 Å². The van der Waals surface area contributed by atoms with Crippen molar-refractivity contribution in [2.75, 3.05) is 0 Å². The molecule has 0 saturated heterocycles. The lowest BCUT2D eigenvalue weighted by molar-refractivity contribution is -0.137. The van der Waals surface area contributed by atoms with E-state index in [1.807, 2.05) is 6.92 Å². The highest BCUT2D eigenvalue weighted by atomic mass is 32.1. The van der Waals surface area contributed by atoms with Crippen molar-refractivity contribution in [3.05, 3.63) is 64.9 Å². The number of aryl methyl sites for hydroxylation is 2. The van der Waals surface area contributed by atoms with Crippen LogP contribution in [0, 0.1) is 13.3 Å². The van der Waals surface area contributed by atoms with Gasteiger partial charge >= 0.3 is 6.18 Å². The van der Waals surface area contributed by atoms with Crippen LogP contribution in [0.25, 0.3) is 21.2 Å². The molecule has 24 heavy (non-hydrogen) atoms. The summed E-state index contributed by atoms with van der Waals surface area (Å²) in [6.45, 7) is 4.08. The summed E-state index contributed by atoms with van der Waals surface area (Å²) in [6, 6.07) is 11.9. The second-order valence-electron chi connectivity index (χ2n) is 5.89.